The summed E-state index contributed by atoms with van der Waals surface area (Å²) in [5.41, 5.74) is 0.255. The van der Waals surface area contributed by atoms with E-state index in [1.54, 1.807) is 0 Å². The predicted molar refractivity (Wildman–Crippen MR) is 53.5 cm³/mol. The number of allylic oxidation sites excluding steroid dienone is 1. The van der Waals surface area contributed by atoms with Crippen molar-refractivity contribution in [3.05, 3.63) is 12.2 Å². The van der Waals surface area contributed by atoms with Crippen molar-refractivity contribution in [1.29, 1.82) is 0 Å². The maximum atomic E-state index is 9.13. The highest BCUT2D eigenvalue weighted by atomic mass is 16.3. The van der Waals surface area contributed by atoms with Gasteiger partial charge in [0.1, 0.15) is 0 Å². The van der Waals surface area contributed by atoms with Gasteiger partial charge in [0.15, 0.2) is 0 Å². The summed E-state index contributed by atoms with van der Waals surface area (Å²) in [5.74, 6) is 0. The van der Waals surface area contributed by atoms with Gasteiger partial charge in [-0.1, -0.05) is 12.2 Å². The third-order valence-electron chi connectivity index (χ3n) is 3.29. The van der Waals surface area contributed by atoms with Crippen LogP contribution < -0.4 is 5.32 Å². The first-order chi connectivity index (χ1) is 6.35. The Morgan fingerprint density at radius 3 is 2.85 bits per heavy atom. The Morgan fingerprint density at radius 2 is 2.31 bits per heavy atom. The van der Waals surface area contributed by atoms with Crippen molar-refractivity contribution in [2.24, 2.45) is 5.41 Å². The maximum absolute atomic E-state index is 9.13. The zero-order chi connectivity index (χ0) is 9.15. The van der Waals surface area contributed by atoms with Gasteiger partial charge in [-0.05, 0) is 32.1 Å². The van der Waals surface area contributed by atoms with Crippen LogP contribution in [0.1, 0.15) is 32.1 Å². The summed E-state index contributed by atoms with van der Waals surface area (Å²) in [6, 6.07) is 0.567. The summed E-state index contributed by atoms with van der Waals surface area (Å²) in [7, 11) is 0. The highest BCUT2D eigenvalue weighted by Crippen LogP contribution is 2.44. The third-order valence-corrected chi connectivity index (χ3v) is 3.29. The van der Waals surface area contributed by atoms with Gasteiger partial charge < -0.3 is 10.4 Å². The Morgan fingerprint density at radius 1 is 1.46 bits per heavy atom. The summed E-state index contributed by atoms with van der Waals surface area (Å²) >= 11 is 0. The molecule has 1 saturated carbocycles. The normalized spacial score (nSPS) is 30.4. The standard InChI is InChI=1S/C11H19NO/c13-9-11(6-7-11)8-12-10-4-2-1-3-5-10/h2,4,10,12-13H,1,3,5-9H2. The van der Waals surface area contributed by atoms with Crippen molar-refractivity contribution in [3.8, 4) is 0 Å². The molecule has 1 fully saturated rings. The molecule has 2 nitrogen and oxygen atoms in total. The molecule has 1 atom stereocenters. The highest BCUT2D eigenvalue weighted by Gasteiger charge is 2.41. The molecule has 0 aromatic heterocycles. The Bertz CT molecular complexity index is 196. The molecule has 0 heterocycles. The van der Waals surface area contributed by atoms with E-state index in [9.17, 15) is 0 Å². The van der Waals surface area contributed by atoms with Gasteiger partial charge in [0.05, 0.1) is 0 Å². The van der Waals surface area contributed by atoms with Crippen LogP contribution in [0.2, 0.25) is 0 Å². The number of nitrogens with one attached hydrogen (secondary N) is 1. The van der Waals surface area contributed by atoms with Gasteiger partial charge in [0.25, 0.3) is 0 Å². The molecule has 2 rings (SSSR count). The molecule has 0 bridgehead atoms. The Labute approximate surface area is 80.0 Å². The molecule has 2 N–H and O–H groups in total. The van der Waals surface area contributed by atoms with Gasteiger partial charge >= 0.3 is 0 Å². The van der Waals surface area contributed by atoms with Gasteiger partial charge in [0, 0.05) is 24.6 Å². The van der Waals surface area contributed by atoms with Crippen LogP contribution in [0.4, 0.5) is 0 Å². The minimum Gasteiger partial charge on any atom is -0.396 e. The van der Waals surface area contributed by atoms with Crippen LogP contribution in [0.15, 0.2) is 12.2 Å². The number of aliphatic hydroxyl groups excluding tert-OH is 1. The molecular formula is C11H19NO. The fourth-order valence-electron chi connectivity index (χ4n) is 1.90. The van der Waals surface area contributed by atoms with E-state index in [1.165, 1.54) is 32.1 Å². The fourth-order valence-corrected chi connectivity index (χ4v) is 1.90. The molecule has 0 aliphatic heterocycles. The van der Waals surface area contributed by atoms with E-state index in [0.717, 1.165) is 6.54 Å². The lowest BCUT2D eigenvalue weighted by Gasteiger charge is -2.21. The van der Waals surface area contributed by atoms with Crippen LogP contribution >= 0.6 is 0 Å². The van der Waals surface area contributed by atoms with Crippen molar-refractivity contribution in [2.45, 2.75) is 38.1 Å². The van der Waals surface area contributed by atoms with Crippen molar-refractivity contribution in [2.75, 3.05) is 13.2 Å². The molecule has 2 heteroatoms. The zero-order valence-electron chi connectivity index (χ0n) is 8.13. The molecule has 74 valence electrons. The first-order valence-corrected chi connectivity index (χ1v) is 5.36. The van der Waals surface area contributed by atoms with Gasteiger partial charge in [-0.25, -0.2) is 0 Å². The van der Waals surface area contributed by atoms with E-state index in [0.29, 0.717) is 12.6 Å². The molecular weight excluding hydrogens is 162 g/mol. The van der Waals surface area contributed by atoms with Gasteiger partial charge in [-0.15, -0.1) is 0 Å². The van der Waals surface area contributed by atoms with E-state index in [4.69, 9.17) is 5.11 Å². The lowest BCUT2D eigenvalue weighted by Crippen LogP contribution is -2.34. The third kappa shape index (κ3) is 2.32. The minimum absolute atomic E-state index is 0.255. The second-order valence-electron chi connectivity index (χ2n) is 4.50. The van der Waals surface area contributed by atoms with E-state index in [-0.39, 0.29) is 5.41 Å². The SMILES string of the molecule is OCC1(CNC2C=CCCC2)CC1. The quantitative estimate of drug-likeness (QED) is 0.643. The van der Waals surface area contributed by atoms with Crippen LogP contribution in [0.25, 0.3) is 0 Å². The van der Waals surface area contributed by atoms with Crippen molar-refractivity contribution < 1.29 is 5.11 Å². The summed E-state index contributed by atoms with van der Waals surface area (Å²) in [6.07, 6.45) is 10.7. The molecule has 0 saturated heterocycles. The van der Waals surface area contributed by atoms with Crippen LogP contribution in [0.3, 0.4) is 0 Å². The fraction of sp³-hybridized carbons (Fsp3) is 0.818. The molecule has 0 radical (unpaired) electrons. The topological polar surface area (TPSA) is 32.3 Å². The number of aliphatic hydroxyl groups is 1. The molecule has 0 spiro atoms. The first-order valence-electron chi connectivity index (χ1n) is 5.36. The van der Waals surface area contributed by atoms with Crippen LogP contribution in [0.5, 0.6) is 0 Å². The summed E-state index contributed by atoms with van der Waals surface area (Å²) in [6.45, 7) is 1.36. The average molecular weight is 181 g/mol. The van der Waals surface area contributed by atoms with Crippen LogP contribution in [-0.4, -0.2) is 24.3 Å². The van der Waals surface area contributed by atoms with Crippen molar-refractivity contribution >= 4 is 0 Å². The first kappa shape index (κ1) is 9.22. The largest absolute Gasteiger partial charge is 0.396 e. The van der Waals surface area contributed by atoms with Gasteiger partial charge in [0.2, 0.25) is 0 Å². The molecule has 2 aliphatic rings. The van der Waals surface area contributed by atoms with Gasteiger partial charge in [-0.3, -0.25) is 0 Å². The van der Waals surface area contributed by atoms with Crippen molar-refractivity contribution in [1.82, 2.24) is 5.32 Å². The summed E-state index contributed by atoms with van der Waals surface area (Å²) in [4.78, 5) is 0. The van der Waals surface area contributed by atoms with Crippen LogP contribution in [0, 0.1) is 5.41 Å². The van der Waals surface area contributed by atoms with E-state index < -0.39 is 0 Å². The van der Waals surface area contributed by atoms with Crippen molar-refractivity contribution in [3.63, 3.8) is 0 Å². The summed E-state index contributed by atoms with van der Waals surface area (Å²) in [5, 5.41) is 12.7. The lowest BCUT2D eigenvalue weighted by atomic mass is 10.0. The minimum atomic E-state index is 0.255. The van der Waals surface area contributed by atoms with E-state index >= 15 is 0 Å². The number of hydrogen-bond acceptors (Lipinski definition) is 2. The zero-order valence-corrected chi connectivity index (χ0v) is 8.13. The van der Waals surface area contributed by atoms with Gasteiger partial charge in [-0.2, -0.15) is 0 Å². The molecule has 13 heavy (non-hydrogen) atoms. The Kier molecular flexibility index (Phi) is 2.70. The van der Waals surface area contributed by atoms with E-state index in [2.05, 4.69) is 17.5 Å². The molecule has 0 aromatic carbocycles. The Balaban J connectivity index is 1.72. The maximum Gasteiger partial charge on any atom is 0.0499 e. The second kappa shape index (κ2) is 3.81. The predicted octanol–water partition coefficient (Wildman–Crippen LogP) is 1.46. The second-order valence-corrected chi connectivity index (χ2v) is 4.50. The van der Waals surface area contributed by atoms with Crippen LogP contribution in [-0.2, 0) is 0 Å². The monoisotopic (exact) mass is 181 g/mol. The highest BCUT2D eigenvalue weighted by molar-refractivity contribution is 5.01. The average Bonchev–Trinajstić information content (AvgIpc) is 2.97. The molecule has 1 unspecified atom stereocenters. The molecule has 0 aromatic rings. The number of hydrogen-bond donors (Lipinski definition) is 2. The molecule has 2 aliphatic carbocycles. The lowest BCUT2D eigenvalue weighted by molar-refractivity contribution is 0.205. The van der Waals surface area contributed by atoms with E-state index in [1.807, 2.05) is 0 Å². The summed E-state index contributed by atoms with van der Waals surface area (Å²) < 4.78 is 0. The Hall–Kier alpha value is -0.340. The number of rotatable bonds is 4. The molecule has 0 amide bonds. The smallest absolute Gasteiger partial charge is 0.0499 e.